The molecule has 0 aliphatic heterocycles. The average Bonchev–Trinajstić information content (AvgIpc) is 2.83. The summed E-state index contributed by atoms with van der Waals surface area (Å²) in [4.78, 5) is 0. The van der Waals surface area contributed by atoms with Gasteiger partial charge in [0, 0.05) is 24.1 Å². The maximum absolute atomic E-state index is 5.50. The normalized spacial score (nSPS) is 33.8. The van der Waals surface area contributed by atoms with Crippen molar-refractivity contribution in [3.63, 3.8) is 0 Å². The molecule has 15 heavy (non-hydrogen) atoms. The van der Waals surface area contributed by atoms with Gasteiger partial charge in [0.15, 0.2) is 0 Å². The summed E-state index contributed by atoms with van der Waals surface area (Å²) >= 11 is 0. The molecule has 0 saturated heterocycles. The quantitative estimate of drug-likeness (QED) is 0.820. The molecule has 2 heteroatoms. The van der Waals surface area contributed by atoms with E-state index in [1.807, 2.05) is 6.26 Å². The van der Waals surface area contributed by atoms with E-state index in [-0.39, 0.29) is 0 Å². The van der Waals surface area contributed by atoms with Crippen LogP contribution in [-0.4, -0.2) is 6.04 Å². The predicted molar refractivity (Wildman–Crippen MR) is 59.7 cm³/mol. The Morgan fingerprint density at radius 1 is 1.53 bits per heavy atom. The maximum atomic E-state index is 5.50. The topological polar surface area (TPSA) is 25.2 Å². The molecule has 0 aromatic carbocycles. The van der Waals surface area contributed by atoms with Crippen LogP contribution in [0.4, 0.5) is 0 Å². The summed E-state index contributed by atoms with van der Waals surface area (Å²) < 4.78 is 5.50. The monoisotopic (exact) mass is 205 g/mol. The number of aryl methyl sites for hydroxylation is 1. The van der Waals surface area contributed by atoms with Crippen molar-refractivity contribution in [1.82, 2.24) is 5.32 Å². The summed E-state index contributed by atoms with van der Waals surface area (Å²) in [5.74, 6) is 2.15. The standard InChI is InChI=1S/C13H19NO/c1-2-9-8-12(9)14-11-4-3-5-13-10(11)6-7-15-13/h6-7,9,11-12,14H,2-5,8H2,1H3. The smallest absolute Gasteiger partial charge is 0.108 e. The lowest BCUT2D eigenvalue weighted by molar-refractivity contribution is 0.403. The Bertz CT molecular complexity index is 344. The van der Waals surface area contributed by atoms with Crippen LogP contribution in [0, 0.1) is 5.92 Å². The van der Waals surface area contributed by atoms with Crippen LogP contribution in [0.5, 0.6) is 0 Å². The molecule has 2 nitrogen and oxygen atoms in total. The van der Waals surface area contributed by atoms with Crippen molar-refractivity contribution in [2.24, 2.45) is 5.92 Å². The van der Waals surface area contributed by atoms with Gasteiger partial charge in [0.1, 0.15) is 5.76 Å². The first kappa shape index (κ1) is 9.46. The Balaban J connectivity index is 1.68. The van der Waals surface area contributed by atoms with Crippen LogP contribution < -0.4 is 5.32 Å². The Morgan fingerprint density at radius 2 is 2.47 bits per heavy atom. The van der Waals surface area contributed by atoms with E-state index in [9.17, 15) is 0 Å². The molecule has 3 rings (SSSR count). The van der Waals surface area contributed by atoms with Crippen LogP contribution in [0.15, 0.2) is 16.7 Å². The first-order valence-corrected chi connectivity index (χ1v) is 6.20. The minimum Gasteiger partial charge on any atom is -0.469 e. The van der Waals surface area contributed by atoms with Gasteiger partial charge in [-0.2, -0.15) is 0 Å². The Morgan fingerprint density at radius 3 is 3.27 bits per heavy atom. The van der Waals surface area contributed by atoms with Crippen LogP contribution in [0.25, 0.3) is 0 Å². The van der Waals surface area contributed by atoms with Gasteiger partial charge in [0.2, 0.25) is 0 Å². The number of nitrogens with one attached hydrogen (secondary N) is 1. The van der Waals surface area contributed by atoms with Gasteiger partial charge in [-0.1, -0.05) is 13.3 Å². The van der Waals surface area contributed by atoms with Crippen molar-refractivity contribution in [3.8, 4) is 0 Å². The van der Waals surface area contributed by atoms with Gasteiger partial charge in [-0.3, -0.25) is 0 Å². The molecule has 1 saturated carbocycles. The molecule has 0 radical (unpaired) electrons. The lowest BCUT2D eigenvalue weighted by Gasteiger charge is -2.23. The van der Waals surface area contributed by atoms with E-state index in [0.717, 1.165) is 18.4 Å². The highest BCUT2D eigenvalue weighted by atomic mass is 16.3. The van der Waals surface area contributed by atoms with E-state index in [1.54, 1.807) is 0 Å². The Kier molecular flexibility index (Phi) is 2.32. The van der Waals surface area contributed by atoms with Crippen LogP contribution in [0.3, 0.4) is 0 Å². The van der Waals surface area contributed by atoms with E-state index >= 15 is 0 Å². The fourth-order valence-electron chi connectivity index (χ4n) is 2.82. The van der Waals surface area contributed by atoms with Gasteiger partial charge in [-0.15, -0.1) is 0 Å². The number of hydrogen-bond acceptors (Lipinski definition) is 2. The molecule has 1 fully saturated rings. The van der Waals surface area contributed by atoms with E-state index in [2.05, 4.69) is 18.3 Å². The highest BCUT2D eigenvalue weighted by Crippen LogP contribution is 2.38. The highest BCUT2D eigenvalue weighted by molar-refractivity contribution is 5.24. The molecule has 1 heterocycles. The van der Waals surface area contributed by atoms with Gasteiger partial charge in [0.25, 0.3) is 0 Å². The van der Waals surface area contributed by atoms with E-state index in [4.69, 9.17) is 4.42 Å². The first-order valence-electron chi connectivity index (χ1n) is 6.20. The van der Waals surface area contributed by atoms with Crippen molar-refractivity contribution in [1.29, 1.82) is 0 Å². The molecular formula is C13H19NO. The minimum absolute atomic E-state index is 0.564. The molecule has 0 amide bonds. The van der Waals surface area contributed by atoms with Crippen molar-refractivity contribution in [2.45, 2.75) is 51.1 Å². The van der Waals surface area contributed by atoms with Gasteiger partial charge >= 0.3 is 0 Å². The highest BCUT2D eigenvalue weighted by Gasteiger charge is 2.37. The molecule has 1 N–H and O–H groups in total. The Hall–Kier alpha value is -0.760. The molecule has 3 unspecified atom stereocenters. The molecular weight excluding hydrogens is 186 g/mol. The lowest BCUT2D eigenvalue weighted by Crippen LogP contribution is -2.27. The summed E-state index contributed by atoms with van der Waals surface area (Å²) in [6, 6.07) is 3.49. The van der Waals surface area contributed by atoms with Crippen LogP contribution in [0.2, 0.25) is 0 Å². The maximum Gasteiger partial charge on any atom is 0.108 e. The second-order valence-electron chi connectivity index (χ2n) is 4.92. The summed E-state index contributed by atoms with van der Waals surface area (Å²) in [5.41, 5.74) is 1.42. The molecule has 0 bridgehead atoms. The fraction of sp³-hybridized carbons (Fsp3) is 0.692. The largest absolute Gasteiger partial charge is 0.469 e. The van der Waals surface area contributed by atoms with Crippen LogP contribution in [0.1, 0.15) is 50.0 Å². The van der Waals surface area contributed by atoms with Gasteiger partial charge in [0.05, 0.1) is 6.26 Å². The molecule has 3 atom stereocenters. The van der Waals surface area contributed by atoms with E-state index in [1.165, 1.54) is 37.0 Å². The van der Waals surface area contributed by atoms with Crippen molar-refractivity contribution >= 4 is 0 Å². The van der Waals surface area contributed by atoms with E-state index < -0.39 is 0 Å². The van der Waals surface area contributed by atoms with E-state index in [0.29, 0.717) is 6.04 Å². The second kappa shape index (κ2) is 3.67. The summed E-state index contributed by atoms with van der Waals surface area (Å²) in [7, 11) is 0. The fourth-order valence-corrected chi connectivity index (χ4v) is 2.82. The van der Waals surface area contributed by atoms with Crippen molar-refractivity contribution in [2.75, 3.05) is 0 Å². The zero-order valence-corrected chi connectivity index (χ0v) is 9.33. The zero-order valence-electron chi connectivity index (χ0n) is 9.33. The number of fused-ring (bicyclic) bond motifs is 1. The molecule has 2 aliphatic rings. The number of hydrogen-bond donors (Lipinski definition) is 1. The average molecular weight is 205 g/mol. The van der Waals surface area contributed by atoms with Gasteiger partial charge in [-0.25, -0.2) is 0 Å². The molecule has 82 valence electrons. The third-order valence-electron chi connectivity index (χ3n) is 3.91. The third kappa shape index (κ3) is 1.71. The minimum atomic E-state index is 0.564. The third-order valence-corrected chi connectivity index (χ3v) is 3.91. The summed E-state index contributed by atoms with van der Waals surface area (Å²) in [6.07, 6.45) is 8.21. The van der Waals surface area contributed by atoms with Crippen molar-refractivity contribution < 1.29 is 4.42 Å². The first-order chi connectivity index (χ1) is 7.38. The summed E-state index contributed by atoms with van der Waals surface area (Å²) in [6.45, 7) is 2.29. The van der Waals surface area contributed by atoms with Gasteiger partial charge < -0.3 is 9.73 Å². The molecule has 1 aromatic rings. The zero-order chi connectivity index (χ0) is 10.3. The molecule has 2 aliphatic carbocycles. The lowest BCUT2D eigenvalue weighted by atomic mass is 9.93. The van der Waals surface area contributed by atoms with Crippen LogP contribution >= 0.6 is 0 Å². The number of furan rings is 1. The van der Waals surface area contributed by atoms with Crippen LogP contribution in [-0.2, 0) is 6.42 Å². The van der Waals surface area contributed by atoms with Gasteiger partial charge in [-0.05, 0) is 31.2 Å². The SMILES string of the molecule is CCC1CC1NC1CCCc2occc21. The van der Waals surface area contributed by atoms with Crippen molar-refractivity contribution in [3.05, 3.63) is 23.7 Å². The number of rotatable bonds is 3. The molecule has 1 aromatic heterocycles. The molecule has 0 spiro atoms. The summed E-state index contributed by atoms with van der Waals surface area (Å²) in [5, 5.41) is 3.78. The second-order valence-corrected chi connectivity index (χ2v) is 4.92. The Labute approximate surface area is 91.0 Å². The predicted octanol–water partition coefficient (Wildman–Crippen LogP) is 3.05.